The second kappa shape index (κ2) is 6.89. The SMILES string of the molecule is C[C@H](NCc1cc(Cl)c2c(c1)OCCCO2)C1CCCC1. The Bertz CT molecular complexity index is 486. The number of benzene rings is 1. The van der Waals surface area contributed by atoms with Gasteiger partial charge in [-0.25, -0.2) is 0 Å². The van der Waals surface area contributed by atoms with Crippen molar-refractivity contribution >= 4 is 11.6 Å². The largest absolute Gasteiger partial charge is 0.489 e. The van der Waals surface area contributed by atoms with Crippen molar-refractivity contribution in [3.05, 3.63) is 22.7 Å². The minimum Gasteiger partial charge on any atom is -0.489 e. The van der Waals surface area contributed by atoms with E-state index < -0.39 is 0 Å². The van der Waals surface area contributed by atoms with E-state index in [0.717, 1.165) is 30.2 Å². The van der Waals surface area contributed by atoms with Gasteiger partial charge in [-0.15, -0.1) is 0 Å². The number of hydrogen-bond donors (Lipinski definition) is 1. The molecule has 1 aliphatic carbocycles. The maximum Gasteiger partial charge on any atom is 0.179 e. The predicted octanol–water partition coefficient (Wildman–Crippen LogP) is 4.17. The van der Waals surface area contributed by atoms with Gasteiger partial charge in [0.05, 0.1) is 18.2 Å². The average Bonchev–Trinajstić information content (AvgIpc) is 2.91. The van der Waals surface area contributed by atoms with Gasteiger partial charge in [0.25, 0.3) is 0 Å². The van der Waals surface area contributed by atoms with E-state index in [1.165, 1.54) is 25.7 Å². The standard InChI is InChI=1S/C17H24ClNO2/c1-12(14-5-2-3-6-14)19-11-13-9-15(18)17-16(10-13)20-7-4-8-21-17/h9-10,12,14,19H,2-8,11H2,1H3/t12-/m0/s1. The van der Waals surface area contributed by atoms with Gasteiger partial charge in [-0.05, 0) is 43.4 Å². The molecule has 21 heavy (non-hydrogen) atoms. The van der Waals surface area contributed by atoms with Gasteiger partial charge in [0, 0.05) is 19.0 Å². The average molecular weight is 310 g/mol. The Morgan fingerprint density at radius 1 is 1.19 bits per heavy atom. The third kappa shape index (κ3) is 3.64. The zero-order valence-corrected chi connectivity index (χ0v) is 13.4. The maximum absolute atomic E-state index is 6.33. The summed E-state index contributed by atoms with van der Waals surface area (Å²) in [6.45, 7) is 4.48. The first kappa shape index (κ1) is 15.0. The molecule has 1 aromatic carbocycles. The Hall–Kier alpha value is -0.930. The van der Waals surface area contributed by atoms with E-state index in [2.05, 4.69) is 18.3 Å². The molecular weight excluding hydrogens is 286 g/mol. The molecule has 3 nitrogen and oxygen atoms in total. The monoisotopic (exact) mass is 309 g/mol. The van der Waals surface area contributed by atoms with Crippen LogP contribution in [0, 0.1) is 5.92 Å². The van der Waals surface area contributed by atoms with Crippen molar-refractivity contribution < 1.29 is 9.47 Å². The quantitative estimate of drug-likeness (QED) is 0.905. The van der Waals surface area contributed by atoms with Crippen molar-refractivity contribution in [3.63, 3.8) is 0 Å². The first-order valence-corrected chi connectivity index (χ1v) is 8.43. The molecule has 4 heteroatoms. The zero-order valence-electron chi connectivity index (χ0n) is 12.7. The first-order chi connectivity index (χ1) is 10.2. The van der Waals surface area contributed by atoms with Crippen LogP contribution in [0.1, 0.15) is 44.6 Å². The number of hydrogen-bond acceptors (Lipinski definition) is 3. The summed E-state index contributed by atoms with van der Waals surface area (Å²) in [6.07, 6.45) is 6.38. The number of ether oxygens (including phenoxy) is 2. The summed E-state index contributed by atoms with van der Waals surface area (Å²) in [5.41, 5.74) is 1.16. The highest BCUT2D eigenvalue weighted by atomic mass is 35.5. The van der Waals surface area contributed by atoms with Gasteiger partial charge in [0.15, 0.2) is 11.5 Å². The van der Waals surface area contributed by atoms with Crippen LogP contribution in [0.3, 0.4) is 0 Å². The molecule has 116 valence electrons. The van der Waals surface area contributed by atoms with Crippen LogP contribution in [0.25, 0.3) is 0 Å². The number of fused-ring (bicyclic) bond motifs is 1. The summed E-state index contributed by atoms with van der Waals surface area (Å²) in [6, 6.07) is 4.60. The molecule has 0 aromatic heterocycles. The highest BCUT2D eigenvalue weighted by Gasteiger charge is 2.21. The lowest BCUT2D eigenvalue weighted by Crippen LogP contribution is -2.31. The summed E-state index contributed by atoms with van der Waals surface area (Å²) in [5, 5.41) is 4.29. The molecule has 1 fully saturated rings. The van der Waals surface area contributed by atoms with Crippen LogP contribution in [-0.4, -0.2) is 19.3 Å². The van der Waals surface area contributed by atoms with Crippen LogP contribution in [0.5, 0.6) is 11.5 Å². The summed E-state index contributed by atoms with van der Waals surface area (Å²) in [4.78, 5) is 0. The molecule has 0 radical (unpaired) electrons. The van der Waals surface area contributed by atoms with E-state index in [4.69, 9.17) is 21.1 Å². The molecule has 1 heterocycles. The first-order valence-electron chi connectivity index (χ1n) is 8.05. The molecule has 1 atom stereocenters. The van der Waals surface area contributed by atoms with E-state index in [-0.39, 0.29) is 0 Å². The molecular formula is C17H24ClNO2. The van der Waals surface area contributed by atoms with Crippen LogP contribution >= 0.6 is 11.6 Å². The molecule has 1 N–H and O–H groups in total. The molecule has 1 aliphatic heterocycles. The highest BCUT2D eigenvalue weighted by molar-refractivity contribution is 6.32. The van der Waals surface area contributed by atoms with Crippen molar-refractivity contribution in [2.75, 3.05) is 13.2 Å². The van der Waals surface area contributed by atoms with Gasteiger partial charge >= 0.3 is 0 Å². The Labute approximate surface area is 132 Å². The van der Waals surface area contributed by atoms with Crippen LogP contribution in [0.2, 0.25) is 5.02 Å². The fourth-order valence-corrected chi connectivity index (χ4v) is 3.58. The number of nitrogens with one attached hydrogen (secondary N) is 1. The molecule has 1 saturated carbocycles. The lowest BCUT2D eigenvalue weighted by atomic mass is 9.99. The summed E-state index contributed by atoms with van der Waals surface area (Å²) >= 11 is 6.33. The van der Waals surface area contributed by atoms with Gasteiger partial charge in [-0.2, -0.15) is 0 Å². The Kier molecular flexibility index (Phi) is 4.91. The maximum atomic E-state index is 6.33. The molecule has 0 unspecified atom stereocenters. The van der Waals surface area contributed by atoms with Gasteiger partial charge in [0.1, 0.15) is 0 Å². The molecule has 1 aromatic rings. The van der Waals surface area contributed by atoms with Crippen molar-refractivity contribution in [3.8, 4) is 11.5 Å². The van der Waals surface area contributed by atoms with E-state index in [1.807, 2.05) is 6.07 Å². The van der Waals surface area contributed by atoms with E-state index >= 15 is 0 Å². The van der Waals surface area contributed by atoms with Gasteiger partial charge < -0.3 is 14.8 Å². The van der Waals surface area contributed by atoms with E-state index in [0.29, 0.717) is 30.0 Å². The third-order valence-electron chi connectivity index (χ3n) is 4.60. The van der Waals surface area contributed by atoms with Crippen molar-refractivity contribution in [1.82, 2.24) is 5.32 Å². The summed E-state index contributed by atoms with van der Waals surface area (Å²) < 4.78 is 11.4. The van der Waals surface area contributed by atoms with Crippen LogP contribution in [0.15, 0.2) is 12.1 Å². The zero-order chi connectivity index (χ0) is 14.7. The Balaban J connectivity index is 1.65. The number of rotatable bonds is 4. The minimum absolute atomic E-state index is 0.558. The number of halogens is 1. The Morgan fingerprint density at radius 3 is 2.76 bits per heavy atom. The molecule has 0 saturated heterocycles. The minimum atomic E-state index is 0.558. The fourth-order valence-electron chi connectivity index (χ4n) is 3.29. The lowest BCUT2D eigenvalue weighted by Gasteiger charge is -2.21. The smallest absolute Gasteiger partial charge is 0.179 e. The molecule has 3 rings (SSSR count). The fraction of sp³-hybridized carbons (Fsp3) is 0.647. The third-order valence-corrected chi connectivity index (χ3v) is 4.88. The lowest BCUT2D eigenvalue weighted by molar-refractivity contribution is 0.297. The van der Waals surface area contributed by atoms with Gasteiger partial charge in [-0.3, -0.25) is 0 Å². The van der Waals surface area contributed by atoms with E-state index in [9.17, 15) is 0 Å². The van der Waals surface area contributed by atoms with Crippen LogP contribution in [-0.2, 0) is 6.54 Å². The summed E-state index contributed by atoms with van der Waals surface area (Å²) in [7, 11) is 0. The van der Waals surface area contributed by atoms with Crippen molar-refractivity contribution in [1.29, 1.82) is 0 Å². The predicted molar refractivity (Wildman–Crippen MR) is 85.3 cm³/mol. The molecule has 0 spiro atoms. The summed E-state index contributed by atoms with van der Waals surface area (Å²) in [5.74, 6) is 2.30. The molecule has 0 amide bonds. The van der Waals surface area contributed by atoms with Gasteiger partial charge in [0.2, 0.25) is 0 Å². The van der Waals surface area contributed by atoms with Crippen molar-refractivity contribution in [2.45, 2.75) is 51.6 Å². The topological polar surface area (TPSA) is 30.5 Å². The van der Waals surface area contributed by atoms with Crippen LogP contribution < -0.4 is 14.8 Å². The highest BCUT2D eigenvalue weighted by Crippen LogP contribution is 2.38. The van der Waals surface area contributed by atoms with Gasteiger partial charge in [-0.1, -0.05) is 24.4 Å². The van der Waals surface area contributed by atoms with Crippen LogP contribution in [0.4, 0.5) is 0 Å². The van der Waals surface area contributed by atoms with Crippen molar-refractivity contribution in [2.24, 2.45) is 5.92 Å². The molecule has 2 aliphatic rings. The second-order valence-corrected chi connectivity index (χ2v) is 6.58. The van der Waals surface area contributed by atoms with E-state index in [1.54, 1.807) is 0 Å². The second-order valence-electron chi connectivity index (χ2n) is 6.17. The normalized spacial score (nSPS) is 20.3. The Morgan fingerprint density at radius 2 is 1.95 bits per heavy atom. The molecule has 0 bridgehead atoms.